The van der Waals surface area contributed by atoms with Gasteiger partial charge in [-0.15, -0.1) is 0 Å². The van der Waals surface area contributed by atoms with Gasteiger partial charge in [-0.05, 0) is 29.7 Å². The molecule has 0 spiro atoms. The van der Waals surface area contributed by atoms with Crippen molar-refractivity contribution >= 4 is 6.29 Å². The third kappa shape index (κ3) is 1.63. The molecule has 1 atom stereocenters. The lowest BCUT2D eigenvalue weighted by atomic mass is 9.96. The van der Waals surface area contributed by atoms with E-state index in [-0.39, 0.29) is 6.04 Å². The van der Waals surface area contributed by atoms with Crippen LogP contribution in [0.25, 0.3) is 0 Å². The number of fused-ring (bicyclic) bond motifs is 1. The van der Waals surface area contributed by atoms with E-state index in [1.54, 1.807) is 7.11 Å². The number of rotatable bonds is 2. The normalized spacial score (nSPS) is 19.9. The summed E-state index contributed by atoms with van der Waals surface area (Å²) >= 11 is 0. The zero-order chi connectivity index (χ0) is 9.97. The van der Waals surface area contributed by atoms with Crippen LogP contribution in [0, 0.1) is 0 Å². The van der Waals surface area contributed by atoms with E-state index in [1.807, 2.05) is 24.5 Å². The molecule has 0 aromatic heterocycles. The highest BCUT2D eigenvalue weighted by Gasteiger charge is 2.17. The van der Waals surface area contributed by atoms with Crippen LogP contribution in [-0.4, -0.2) is 19.4 Å². The molecule has 1 aliphatic rings. The smallest absolute Gasteiger partial charge is 0.217 e. The van der Waals surface area contributed by atoms with Crippen molar-refractivity contribution in [2.24, 2.45) is 0 Å². The molecule has 0 aliphatic carbocycles. The van der Waals surface area contributed by atoms with Crippen molar-refractivity contribution < 1.29 is 9.53 Å². The number of hydrogen-bond acceptors (Lipinski definition) is 3. The van der Waals surface area contributed by atoms with Gasteiger partial charge in [-0.1, -0.05) is 6.07 Å². The van der Waals surface area contributed by atoms with Crippen LogP contribution in [0.1, 0.15) is 11.1 Å². The first kappa shape index (κ1) is 9.21. The minimum atomic E-state index is -0.172. The summed E-state index contributed by atoms with van der Waals surface area (Å²) in [6.07, 6.45) is 2.68. The molecule has 0 fully saturated rings. The Morgan fingerprint density at radius 2 is 2.36 bits per heavy atom. The Labute approximate surface area is 83.1 Å². The standard InChI is InChI=1S/C11H12NO2/c1-14-11-3-2-8-6-12-10(7-13)4-9(8)5-11/h2-3,5,10,12H,4,6H2,1H3. The number of hydrogen-bond donors (Lipinski definition) is 1. The van der Waals surface area contributed by atoms with Crippen molar-refractivity contribution in [3.05, 3.63) is 29.3 Å². The van der Waals surface area contributed by atoms with Crippen LogP contribution in [0.4, 0.5) is 0 Å². The summed E-state index contributed by atoms with van der Waals surface area (Å²) in [5.74, 6) is 0.843. The highest BCUT2D eigenvalue weighted by atomic mass is 16.5. The van der Waals surface area contributed by atoms with Crippen LogP contribution in [-0.2, 0) is 17.8 Å². The summed E-state index contributed by atoms with van der Waals surface area (Å²) in [6.45, 7) is 0.735. The van der Waals surface area contributed by atoms with Gasteiger partial charge in [0.05, 0.1) is 13.2 Å². The summed E-state index contributed by atoms with van der Waals surface area (Å²) in [6, 6.07) is 5.78. The Balaban J connectivity index is 2.29. The fourth-order valence-corrected chi connectivity index (χ4v) is 1.70. The topological polar surface area (TPSA) is 38.3 Å². The van der Waals surface area contributed by atoms with E-state index in [0.29, 0.717) is 6.42 Å². The predicted molar refractivity (Wildman–Crippen MR) is 53.0 cm³/mol. The molecule has 0 amide bonds. The van der Waals surface area contributed by atoms with E-state index in [1.165, 1.54) is 11.1 Å². The number of nitrogens with one attached hydrogen (secondary N) is 1. The molecule has 1 N–H and O–H groups in total. The third-order valence-electron chi connectivity index (χ3n) is 2.52. The van der Waals surface area contributed by atoms with E-state index < -0.39 is 0 Å². The van der Waals surface area contributed by atoms with Crippen molar-refractivity contribution in [2.45, 2.75) is 19.0 Å². The fraction of sp³-hybridized carbons (Fsp3) is 0.364. The molecule has 1 radical (unpaired) electrons. The van der Waals surface area contributed by atoms with Gasteiger partial charge in [0.2, 0.25) is 6.29 Å². The lowest BCUT2D eigenvalue weighted by Crippen LogP contribution is -2.36. The molecule has 3 nitrogen and oxygen atoms in total. The van der Waals surface area contributed by atoms with Crippen molar-refractivity contribution in [1.29, 1.82) is 0 Å². The van der Waals surface area contributed by atoms with E-state index >= 15 is 0 Å². The zero-order valence-electron chi connectivity index (χ0n) is 8.04. The van der Waals surface area contributed by atoms with E-state index in [9.17, 15) is 4.79 Å². The molecular formula is C11H12NO2. The van der Waals surface area contributed by atoms with Gasteiger partial charge in [-0.2, -0.15) is 0 Å². The SMILES string of the molecule is COc1ccc2c(c1)CC([C]=O)NC2. The Bertz CT molecular complexity index is 349. The molecule has 1 heterocycles. The number of carbonyl (C=O) groups excluding carboxylic acids is 1. The van der Waals surface area contributed by atoms with Gasteiger partial charge >= 0.3 is 0 Å². The van der Waals surface area contributed by atoms with Gasteiger partial charge in [0, 0.05) is 6.54 Å². The molecule has 1 unspecified atom stereocenters. The van der Waals surface area contributed by atoms with Gasteiger partial charge in [-0.3, -0.25) is 4.79 Å². The van der Waals surface area contributed by atoms with Crippen LogP contribution >= 0.6 is 0 Å². The first-order chi connectivity index (χ1) is 6.83. The summed E-state index contributed by atoms with van der Waals surface area (Å²) in [7, 11) is 1.64. The summed E-state index contributed by atoms with van der Waals surface area (Å²) in [5, 5.41) is 3.10. The van der Waals surface area contributed by atoms with Gasteiger partial charge in [0.25, 0.3) is 0 Å². The molecular weight excluding hydrogens is 178 g/mol. The van der Waals surface area contributed by atoms with Crippen molar-refractivity contribution in [1.82, 2.24) is 5.32 Å². The van der Waals surface area contributed by atoms with E-state index in [4.69, 9.17) is 4.74 Å². The molecule has 0 bridgehead atoms. The average Bonchev–Trinajstić information content (AvgIpc) is 2.27. The van der Waals surface area contributed by atoms with Crippen LogP contribution in [0.5, 0.6) is 5.75 Å². The second-order valence-electron chi connectivity index (χ2n) is 3.39. The van der Waals surface area contributed by atoms with Gasteiger partial charge in [0.15, 0.2) is 0 Å². The van der Waals surface area contributed by atoms with E-state index in [2.05, 4.69) is 5.32 Å². The van der Waals surface area contributed by atoms with Crippen molar-refractivity contribution in [2.75, 3.05) is 7.11 Å². The summed E-state index contributed by atoms with van der Waals surface area (Å²) in [5.41, 5.74) is 2.41. The second-order valence-corrected chi connectivity index (χ2v) is 3.39. The van der Waals surface area contributed by atoms with Gasteiger partial charge in [0.1, 0.15) is 5.75 Å². The summed E-state index contributed by atoms with van der Waals surface area (Å²) < 4.78 is 5.13. The maximum Gasteiger partial charge on any atom is 0.217 e. The molecule has 1 aromatic carbocycles. The highest BCUT2D eigenvalue weighted by molar-refractivity contribution is 5.60. The minimum absolute atomic E-state index is 0.172. The first-order valence-corrected chi connectivity index (χ1v) is 4.60. The Kier molecular flexibility index (Phi) is 2.50. The number of benzene rings is 1. The third-order valence-corrected chi connectivity index (χ3v) is 2.52. The largest absolute Gasteiger partial charge is 0.497 e. The molecule has 73 valence electrons. The van der Waals surface area contributed by atoms with Crippen LogP contribution < -0.4 is 10.1 Å². The maximum absolute atomic E-state index is 10.5. The van der Waals surface area contributed by atoms with Crippen LogP contribution in [0.15, 0.2) is 18.2 Å². The molecule has 3 heteroatoms. The molecule has 1 aliphatic heterocycles. The maximum atomic E-state index is 10.5. The monoisotopic (exact) mass is 190 g/mol. The second kappa shape index (κ2) is 3.80. The molecule has 2 rings (SSSR count). The van der Waals surface area contributed by atoms with Crippen molar-refractivity contribution in [3.63, 3.8) is 0 Å². The quantitative estimate of drug-likeness (QED) is 0.750. The van der Waals surface area contributed by atoms with E-state index in [0.717, 1.165) is 12.3 Å². The number of ether oxygens (including phenoxy) is 1. The molecule has 14 heavy (non-hydrogen) atoms. The fourth-order valence-electron chi connectivity index (χ4n) is 1.70. The first-order valence-electron chi connectivity index (χ1n) is 4.60. The van der Waals surface area contributed by atoms with Crippen LogP contribution in [0.3, 0.4) is 0 Å². The Morgan fingerprint density at radius 3 is 3.07 bits per heavy atom. The molecule has 0 saturated heterocycles. The summed E-state index contributed by atoms with van der Waals surface area (Å²) in [4.78, 5) is 10.5. The van der Waals surface area contributed by atoms with Crippen molar-refractivity contribution in [3.8, 4) is 5.75 Å². The Hall–Kier alpha value is -1.35. The number of methoxy groups -OCH3 is 1. The van der Waals surface area contributed by atoms with Gasteiger partial charge < -0.3 is 10.1 Å². The lowest BCUT2D eigenvalue weighted by molar-refractivity contribution is 0.413. The highest BCUT2D eigenvalue weighted by Crippen LogP contribution is 2.21. The minimum Gasteiger partial charge on any atom is -0.497 e. The zero-order valence-corrected chi connectivity index (χ0v) is 8.04. The molecule has 1 aromatic rings. The molecule has 0 saturated carbocycles. The van der Waals surface area contributed by atoms with Gasteiger partial charge in [-0.25, -0.2) is 0 Å². The average molecular weight is 190 g/mol. The van der Waals surface area contributed by atoms with Crippen LogP contribution in [0.2, 0.25) is 0 Å². The lowest BCUT2D eigenvalue weighted by Gasteiger charge is -2.21. The Morgan fingerprint density at radius 1 is 1.50 bits per heavy atom. The predicted octanol–water partition coefficient (Wildman–Crippen LogP) is 0.819.